The molecule has 3 rings (SSSR count). The normalized spacial score (nSPS) is 18.4. The first-order chi connectivity index (χ1) is 15.0. The van der Waals surface area contributed by atoms with Crippen LogP contribution in [-0.4, -0.2) is 30.9 Å². The molecule has 5 nitrogen and oxygen atoms in total. The van der Waals surface area contributed by atoms with Crippen LogP contribution in [0.1, 0.15) is 54.9 Å². The highest BCUT2D eigenvalue weighted by molar-refractivity contribution is 5.96. The van der Waals surface area contributed by atoms with Crippen molar-refractivity contribution in [2.24, 2.45) is 5.92 Å². The SMILES string of the molecule is CC(=O)c1cccc(NC(=O)NCCCC[C@@H]2C[C@H](Cc3ccc(F)cc3)CCN2)c1. The maximum Gasteiger partial charge on any atom is 0.319 e. The van der Waals surface area contributed by atoms with Crippen LogP contribution in [0.25, 0.3) is 0 Å². The van der Waals surface area contributed by atoms with Gasteiger partial charge in [-0.2, -0.15) is 0 Å². The molecule has 2 atom stereocenters. The maximum absolute atomic E-state index is 13.1. The van der Waals surface area contributed by atoms with Crippen LogP contribution in [0.5, 0.6) is 0 Å². The minimum Gasteiger partial charge on any atom is -0.338 e. The minimum atomic E-state index is -0.254. The number of hydrogen-bond donors (Lipinski definition) is 3. The Hall–Kier alpha value is -2.73. The third-order valence-electron chi connectivity index (χ3n) is 5.83. The van der Waals surface area contributed by atoms with Gasteiger partial charge in [0, 0.05) is 23.8 Å². The van der Waals surface area contributed by atoms with E-state index >= 15 is 0 Å². The van der Waals surface area contributed by atoms with Crippen molar-refractivity contribution in [2.45, 2.75) is 51.5 Å². The number of benzene rings is 2. The van der Waals surface area contributed by atoms with Gasteiger partial charge < -0.3 is 16.0 Å². The summed E-state index contributed by atoms with van der Waals surface area (Å²) < 4.78 is 13.1. The molecule has 1 aliphatic heterocycles. The molecule has 0 aliphatic carbocycles. The third kappa shape index (κ3) is 7.79. The lowest BCUT2D eigenvalue weighted by Crippen LogP contribution is -2.38. The van der Waals surface area contributed by atoms with Crippen LogP contribution in [0.3, 0.4) is 0 Å². The van der Waals surface area contributed by atoms with E-state index in [9.17, 15) is 14.0 Å². The third-order valence-corrected chi connectivity index (χ3v) is 5.83. The number of carbonyl (C=O) groups is 2. The second kappa shape index (κ2) is 11.6. The van der Waals surface area contributed by atoms with Gasteiger partial charge in [0.05, 0.1) is 0 Å². The first-order valence-corrected chi connectivity index (χ1v) is 11.1. The van der Waals surface area contributed by atoms with Gasteiger partial charge >= 0.3 is 6.03 Å². The summed E-state index contributed by atoms with van der Waals surface area (Å²) in [7, 11) is 0. The summed E-state index contributed by atoms with van der Waals surface area (Å²) in [6.07, 6.45) is 6.34. The molecule has 1 heterocycles. The van der Waals surface area contributed by atoms with E-state index in [2.05, 4.69) is 16.0 Å². The summed E-state index contributed by atoms with van der Waals surface area (Å²) in [6, 6.07) is 14.0. The van der Waals surface area contributed by atoms with Crippen LogP contribution in [-0.2, 0) is 6.42 Å². The number of hydrogen-bond acceptors (Lipinski definition) is 3. The lowest BCUT2D eigenvalue weighted by Gasteiger charge is -2.30. The number of ketones is 1. The predicted octanol–water partition coefficient (Wildman–Crippen LogP) is 4.93. The number of carbonyl (C=O) groups excluding carboxylic acids is 2. The molecule has 6 heteroatoms. The van der Waals surface area contributed by atoms with E-state index in [1.807, 2.05) is 12.1 Å². The van der Waals surface area contributed by atoms with Crippen molar-refractivity contribution < 1.29 is 14.0 Å². The lowest BCUT2D eigenvalue weighted by molar-refractivity contribution is 0.101. The molecule has 0 unspecified atom stereocenters. The first kappa shape index (κ1) is 22.9. The Morgan fingerprint density at radius 2 is 1.94 bits per heavy atom. The van der Waals surface area contributed by atoms with Crippen molar-refractivity contribution in [2.75, 3.05) is 18.4 Å². The van der Waals surface area contributed by atoms with Gasteiger partial charge in [-0.3, -0.25) is 4.79 Å². The molecule has 1 fully saturated rings. The molecule has 0 aromatic heterocycles. The largest absolute Gasteiger partial charge is 0.338 e. The fourth-order valence-corrected chi connectivity index (χ4v) is 4.16. The number of Topliss-reactive ketones (excluding diaryl/α,β-unsaturated/α-hetero) is 1. The van der Waals surface area contributed by atoms with Crippen molar-refractivity contribution in [3.05, 3.63) is 65.5 Å². The Morgan fingerprint density at radius 1 is 1.13 bits per heavy atom. The minimum absolute atomic E-state index is 0.0275. The number of rotatable bonds is 9. The second-order valence-corrected chi connectivity index (χ2v) is 8.39. The van der Waals surface area contributed by atoms with E-state index in [1.165, 1.54) is 24.6 Å². The number of unbranched alkanes of at least 4 members (excludes halogenated alkanes) is 1. The first-order valence-electron chi connectivity index (χ1n) is 11.1. The average molecular weight is 426 g/mol. The van der Waals surface area contributed by atoms with E-state index in [-0.39, 0.29) is 17.6 Å². The van der Waals surface area contributed by atoms with Gasteiger partial charge in [0.1, 0.15) is 5.82 Å². The van der Waals surface area contributed by atoms with Gasteiger partial charge in [0.25, 0.3) is 0 Å². The van der Waals surface area contributed by atoms with Crippen LogP contribution in [0, 0.1) is 11.7 Å². The summed E-state index contributed by atoms with van der Waals surface area (Å²) in [5.74, 6) is 0.422. The Bertz CT molecular complexity index is 869. The topological polar surface area (TPSA) is 70.2 Å². The Balaban J connectivity index is 1.31. The number of halogens is 1. The number of nitrogens with one attached hydrogen (secondary N) is 3. The number of urea groups is 1. The summed E-state index contributed by atoms with van der Waals surface area (Å²) in [5.41, 5.74) is 2.40. The maximum atomic E-state index is 13.1. The zero-order valence-electron chi connectivity index (χ0n) is 18.1. The summed E-state index contributed by atoms with van der Waals surface area (Å²) >= 11 is 0. The van der Waals surface area contributed by atoms with Gasteiger partial charge in [-0.05, 0) is 81.3 Å². The molecule has 2 aromatic rings. The zero-order chi connectivity index (χ0) is 22.1. The smallest absolute Gasteiger partial charge is 0.319 e. The molecule has 2 amide bonds. The lowest BCUT2D eigenvalue weighted by atomic mass is 9.85. The highest BCUT2D eigenvalue weighted by Crippen LogP contribution is 2.23. The monoisotopic (exact) mass is 425 g/mol. The van der Waals surface area contributed by atoms with E-state index in [4.69, 9.17) is 0 Å². The van der Waals surface area contributed by atoms with Gasteiger partial charge in [-0.25, -0.2) is 9.18 Å². The highest BCUT2D eigenvalue weighted by atomic mass is 19.1. The Labute approximate surface area is 183 Å². The standard InChI is InChI=1S/C25H32FN3O2/c1-18(30)21-5-4-7-24(17-21)29-25(31)28-13-3-2-6-23-16-20(12-14-27-23)15-19-8-10-22(26)11-9-19/h4-5,7-11,17,20,23,27H,2-3,6,12-16H2,1H3,(H2,28,29,31)/t20-,23+/m0/s1. The summed E-state index contributed by atoms with van der Waals surface area (Å²) in [6.45, 7) is 3.14. The Kier molecular flexibility index (Phi) is 8.59. The van der Waals surface area contributed by atoms with Crippen LogP contribution in [0.4, 0.5) is 14.9 Å². The molecular weight excluding hydrogens is 393 g/mol. The second-order valence-electron chi connectivity index (χ2n) is 8.39. The van der Waals surface area contributed by atoms with Gasteiger partial charge in [-0.15, -0.1) is 0 Å². The fourth-order valence-electron chi connectivity index (χ4n) is 4.16. The fraction of sp³-hybridized carbons (Fsp3) is 0.440. The molecule has 31 heavy (non-hydrogen) atoms. The van der Waals surface area contributed by atoms with E-state index < -0.39 is 0 Å². The molecule has 1 aliphatic rings. The van der Waals surface area contributed by atoms with Gasteiger partial charge in [0.2, 0.25) is 0 Å². The zero-order valence-corrected chi connectivity index (χ0v) is 18.1. The van der Waals surface area contributed by atoms with Crippen molar-refractivity contribution >= 4 is 17.5 Å². The van der Waals surface area contributed by atoms with Crippen LogP contribution >= 0.6 is 0 Å². The molecule has 2 aromatic carbocycles. The molecule has 0 saturated carbocycles. The predicted molar refractivity (Wildman–Crippen MR) is 122 cm³/mol. The van der Waals surface area contributed by atoms with E-state index in [0.29, 0.717) is 29.8 Å². The van der Waals surface area contributed by atoms with Crippen molar-refractivity contribution in [1.82, 2.24) is 10.6 Å². The van der Waals surface area contributed by atoms with E-state index in [1.54, 1.807) is 24.3 Å². The summed E-state index contributed by atoms with van der Waals surface area (Å²) in [4.78, 5) is 23.5. The average Bonchev–Trinajstić information content (AvgIpc) is 2.75. The van der Waals surface area contributed by atoms with Crippen molar-refractivity contribution in [1.29, 1.82) is 0 Å². The molecule has 3 N–H and O–H groups in total. The number of piperidine rings is 1. The Morgan fingerprint density at radius 3 is 2.71 bits per heavy atom. The number of anilines is 1. The molecule has 166 valence electrons. The van der Waals surface area contributed by atoms with Crippen LogP contribution < -0.4 is 16.0 Å². The van der Waals surface area contributed by atoms with Gasteiger partial charge in [0.15, 0.2) is 5.78 Å². The summed E-state index contributed by atoms with van der Waals surface area (Å²) in [5, 5.41) is 9.25. The number of amides is 2. The quantitative estimate of drug-likeness (QED) is 0.394. The van der Waals surface area contributed by atoms with Crippen molar-refractivity contribution in [3.8, 4) is 0 Å². The molecule has 0 bridgehead atoms. The van der Waals surface area contributed by atoms with Crippen LogP contribution in [0.2, 0.25) is 0 Å². The highest BCUT2D eigenvalue weighted by Gasteiger charge is 2.21. The van der Waals surface area contributed by atoms with Gasteiger partial charge in [-0.1, -0.05) is 30.7 Å². The molecule has 0 spiro atoms. The molecule has 1 saturated heterocycles. The molecular formula is C25H32FN3O2. The van der Waals surface area contributed by atoms with Crippen molar-refractivity contribution in [3.63, 3.8) is 0 Å². The molecule has 0 radical (unpaired) electrons. The van der Waals surface area contributed by atoms with Crippen LogP contribution in [0.15, 0.2) is 48.5 Å². The van der Waals surface area contributed by atoms with E-state index in [0.717, 1.165) is 45.1 Å².